The summed E-state index contributed by atoms with van der Waals surface area (Å²) >= 11 is 0. The third-order valence-corrected chi connectivity index (χ3v) is 6.42. The highest BCUT2D eigenvalue weighted by Crippen LogP contribution is 2.42. The number of fused-ring (bicyclic) bond motifs is 3. The van der Waals surface area contributed by atoms with Crippen LogP contribution in [-0.2, 0) is 9.59 Å². The number of carbonyl (C=O) groups is 2. The number of nitrogens with zero attached hydrogens (tertiary/aromatic N) is 3. The smallest absolute Gasteiger partial charge is 0.247 e. The van der Waals surface area contributed by atoms with Gasteiger partial charge >= 0.3 is 0 Å². The number of anilines is 1. The van der Waals surface area contributed by atoms with Crippen molar-refractivity contribution in [2.24, 2.45) is 0 Å². The Labute approximate surface area is 189 Å². The van der Waals surface area contributed by atoms with Gasteiger partial charge in [-0.05, 0) is 56.0 Å². The summed E-state index contributed by atoms with van der Waals surface area (Å²) in [6.45, 7) is 4.21. The Morgan fingerprint density at radius 2 is 1.78 bits per heavy atom. The number of rotatable bonds is 6. The Morgan fingerprint density at radius 1 is 1.00 bits per heavy atom. The molecule has 1 aliphatic carbocycles. The van der Waals surface area contributed by atoms with Crippen molar-refractivity contribution < 1.29 is 9.59 Å². The maximum Gasteiger partial charge on any atom is 0.247 e. The average Bonchev–Trinajstić information content (AvgIpc) is 3.51. The molecule has 5 nitrogen and oxygen atoms in total. The molecule has 1 unspecified atom stereocenters. The highest BCUT2D eigenvalue weighted by Gasteiger charge is 2.39. The SMILES string of the molecule is CCCC(=O)N(CC(=O)N1c2ccccc2-n2cccc2C1c1cccc(C)c1)C1CC1. The Morgan fingerprint density at radius 3 is 2.50 bits per heavy atom. The minimum atomic E-state index is -0.241. The van der Waals surface area contributed by atoms with E-state index in [-0.39, 0.29) is 30.4 Å². The van der Waals surface area contributed by atoms with Gasteiger partial charge in [0.25, 0.3) is 0 Å². The molecule has 164 valence electrons. The van der Waals surface area contributed by atoms with Gasteiger partial charge in [0.15, 0.2) is 0 Å². The summed E-state index contributed by atoms with van der Waals surface area (Å²) in [7, 11) is 0. The van der Waals surface area contributed by atoms with Crippen LogP contribution in [0.3, 0.4) is 0 Å². The van der Waals surface area contributed by atoms with E-state index in [2.05, 4.69) is 42.0 Å². The van der Waals surface area contributed by atoms with Crippen LogP contribution < -0.4 is 4.90 Å². The van der Waals surface area contributed by atoms with E-state index < -0.39 is 0 Å². The quantitative estimate of drug-likeness (QED) is 0.555. The van der Waals surface area contributed by atoms with E-state index in [9.17, 15) is 9.59 Å². The zero-order valence-corrected chi connectivity index (χ0v) is 18.7. The van der Waals surface area contributed by atoms with Gasteiger partial charge in [-0.25, -0.2) is 0 Å². The van der Waals surface area contributed by atoms with E-state index in [1.54, 1.807) is 0 Å². The van der Waals surface area contributed by atoms with Gasteiger partial charge in [0, 0.05) is 18.7 Å². The molecule has 1 saturated carbocycles. The molecule has 0 bridgehead atoms. The van der Waals surface area contributed by atoms with Crippen LogP contribution in [0, 0.1) is 6.92 Å². The van der Waals surface area contributed by atoms with Crippen molar-refractivity contribution in [2.75, 3.05) is 11.4 Å². The standard InChI is InChI=1S/C27H29N3O2/c1-3-8-25(31)29(21-14-15-21)18-26(32)30-23-12-5-4-11-22(23)28-16-7-13-24(28)27(30)20-10-6-9-19(2)17-20/h4-7,9-13,16-17,21,27H,3,8,14-15,18H2,1-2H3. The second kappa shape index (κ2) is 8.30. The first kappa shape index (κ1) is 20.6. The number of carbonyl (C=O) groups excluding carboxylic acids is 2. The van der Waals surface area contributed by atoms with Gasteiger partial charge in [0.1, 0.15) is 12.6 Å². The fourth-order valence-electron chi connectivity index (χ4n) is 4.80. The molecule has 5 heteroatoms. The summed E-state index contributed by atoms with van der Waals surface area (Å²) in [5.41, 5.74) is 5.16. The molecule has 1 aromatic heterocycles. The summed E-state index contributed by atoms with van der Waals surface area (Å²) in [4.78, 5) is 30.5. The highest BCUT2D eigenvalue weighted by atomic mass is 16.2. The highest BCUT2D eigenvalue weighted by molar-refractivity contribution is 6.00. The third kappa shape index (κ3) is 3.62. The summed E-state index contributed by atoms with van der Waals surface area (Å²) < 4.78 is 2.17. The summed E-state index contributed by atoms with van der Waals surface area (Å²) in [5.74, 6) is 0.0527. The van der Waals surface area contributed by atoms with Crippen LogP contribution in [-0.4, -0.2) is 33.9 Å². The van der Waals surface area contributed by atoms with Crippen molar-refractivity contribution in [3.8, 4) is 5.69 Å². The molecule has 0 saturated heterocycles. The van der Waals surface area contributed by atoms with Crippen molar-refractivity contribution in [3.05, 3.63) is 83.7 Å². The van der Waals surface area contributed by atoms with E-state index >= 15 is 0 Å². The van der Waals surface area contributed by atoms with Crippen LogP contribution in [0.25, 0.3) is 5.69 Å². The molecule has 2 amide bonds. The largest absolute Gasteiger partial charge is 0.330 e. The predicted octanol–water partition coefficient (Wildman–Crippen LogP) is 5.01. The molecule has 5 rings (SSSR count). The lowest BCUT2D eigenvalue weighted by atomic mass is 9.96. The topological polar surface area (TPSA) is 45.6 Å². The molecular formula is C27H29N3O2. The third-order valence-electron chi connectivity index (χ3n) is 6.42. The monoisotopic (exact) mass is 427 g/mol. The molecule has 2 aromatic carbocycles. The van der Waals surface area contributed by atoms with Crippen LogP contribution in [0.2, 0.25) is 0 Å². The number of aryl methyl sites for hydroxylation is 1. The fraction of sp³-hybridized carbons (Fsp3) is 0.333. The molecule has 0 spiro atoms. The Kier molecular flexibility index (Phi) is 5.33. The molecule has 0 radical (unpaired) electrons. The zero-order chi connectivity index (χ0) is 22.2. The van der Waals surface area contributed by atoms with Gasteiger partial charge in [-0.15, -0.1) is 0 Å². The Bertz CT molecular complexity index is 1160. The van der Waals surface area contributed by atoms with E-state index in [4.69, 9.17) is 0 Å². The van der Waals surface area contributed by atoms with Crippen molar-refractivity contribution >= 4 is 17.5 Å². The lowest BCUT2D eigenvalue weighted by Gasteiger charge is -2.39. The molecule has 2 aliphatic rings. The van der Waals surface area contributed by atoms with Gasteiger partial charge in [-0.2, -0.15) is 0 Å². The van der Waals surface area contributed by atoms with Gasteiger partial charge < -0.3 is 9.47 Å². The maximum absolute atomic E-state index is 13.9. The number of amides is 2. The molecule has 1 aliphatic heterocycles. The van der Waals surface area contributed by atoms with Crippen LogP contribution in [0.5, 0.6) is 0 Å². The number of aromatic nitrogens is 1. The summed E-state index contributed by atoms with van der Waals surface area (Å²) in [5, 5.41) is 0. The minimum Gasteiger partial charge on any atom is -0.330 e. The molecular weight excluding hydrogens is 398 g/mol. The summed E-state index contributed by atoms with van der Waals surface area (Å²) in [6.07, 6.45) is 5.32. The second-order valence-corrected chi connectivity index (χ2v) is 8.87. The van der Waals surface area contributed by atoms with Gasteiger partial charge in [-0.3, -0.25) is 14.5 Å². The number of hydrogen-bond acceptors (Lipinski definition) is 2. The summed E-state index contributed by atoms with van der Waals surface area (Å²) in [6, 6.07) is 20.5. The lowest BCUT2D eigenvalue weighted by Crippen LogP contribution is -2.47. The van der Waals surface area contributed by atoms with E-state index in [0.29, 0.717) is 6.42 Å². The van der Waals surface area contributed by atoms with Crippen molar-refractivity contribution in [2.45, 2.75) is 51.6 Å². The second-order valence-electron chi connectivity index (χ2n) is 8.87. The van der Waals surface area contributed by atoms with Crippen LogP contribution >= 0.6 is 0 Å². The maximum atomic E-state index is 13.9. The number of hydrogen-bond donors (Lipinski definition) is 0. The molecule has 0 N–H and O–H groups in total. The predicted molar refractivity (Wildman–Crippen MR) is 126 cm³/mol. The van der Waals surface area contributed by atoms with Crippen LogP contribution in [0.1, 0.15) is 55.5 Å². The number of para-hydroxylation sites is 2. The molecule has 1 fully saturated rings. The van der Waals surface area contributed by atoms with E-state index in [0.717, 1.165) is 47.5 Å². The van der Waals surface area contributed by atoms with Crippen molar-refractivity contribution in [1.82, 2.24) is 9.47 Å². The van der Waals surface area contributed by atoms with Crippen LogP contribution in [0.15, 0.2) is 66.9 Å². The zero-order valence-electron chi connectivity index (χ0n) is 18.7. The first-order valence-electron chi connectivity index (χ1n) is 11.5. The molecule has 3 aromatic rings. The number of benzene rings is 2. The van der Waals surface area contributed by atoms with Crippen molar-refractivity contribution in [1.29, 1.82) is 0 Å². The normalized spacial score (nSPS) is 16.9. The first-order chi connectivity index (χ1) is 15.6. The van der Waals surface area contributed by atoms with E-state index in [1.165, 1.54) is 0 Å². The van der Waals surface area contributed by atoms with Gasteiger partial charge in [0.2, 0.25) is 11.8 Å². The first-order valence-corrected chi connectivity index (χ1v) is 11.5. The minimum absolute atomic E-state index is 0.0345. The molecule has 2 heterocycles. The molecule has 32 heavy (non-hydrogen) atoms. The van der Waals surface area contributed by atoms with Gasteiger partial charge in [0.05, 0.1) is 17.1 Å². The fourth-order valence-corrected chi connectivity index (χ4v) is 4.80. The Hall–Kier alpha value is -3.34. The lowest BCUT2D eigenvalue weighted by molar-refractivity contribution is -0.136. The molecule has 1 atom stereocenters. The van der Waals surface area contributed by atoms with Gasteiger partial charge in [-0.1, -0.05) is 48.9 Å². The van der Waals surface area contributed by atoms with Crippen molar-refractivity contribution in [3.63, 3.8) is 0 Å². The average molecular weight is 428 g/mol. The van der Waals surface area contributed by atoms with E-state index in [1.807, 2.05) is 53.1 Å². The van der Waals surface area contributed by atoms with Crippen LogP contribution in [0.4, 0.5) is 5.69 Å². The Balaban J connectivity index is 1.59.